The summed E-state index contributed by atoms with van der Waals surface area (Å²) in [7, 11) is -3.72. The molecule has 0 aromatic heterocycles. The van der Waals surface area contributed by atoms with Crippen LogP contribution < -0.4 is 10.5 Å². The Morgan fingerprint density at radius 1 is 1.23 bits per heavy atom. The Morgan fingerprint density at radius 3 is 2.36 bits per heavy atom. The van der Waals surface area contributed by atoms with Gasteiger partial charge in [0.2, 0.25) is 10.0 Å². The molecule has 2 rings (SSSR count). The summed E-state index contributed by atoms with van der Waals surface area (Å²) in [5, 5.41) is 0. The first-order valence-corrected chi connectivity index (χ1v) is 8.85. The molecule has 1 aromatic rings. The molecule has 4 nitrogen and oxygen atoms in total. The standard InChI is InChI=1S/C15H23FN2O2S.ClH/c1-12-6-7-13(10-14(12)16)21(19,20)18-11-15(17)8-4-2-3-5-9-15;/h6-7,10,18H,2-5,8-9,11,17H2,1H3;1H. The minimum atomic E-state index is -3.72. The van der Waals surface area contributed by atoms with Gasteiger partial charge in [0.05, 0.1) is 4.90 Å². The summed E-state index contributed by atoms with van der Waals surface area (Å²) in [5.74, 6) is -0.519. The molecule has 0 bridgehead atoms. The van der Waals surface area contributed by atoms with Gasteiger partial charge in [0.15, 0.2) is 0 Å². The van der Waals surface area contributed by atoms with Crippen LogP contribution in [0.4, 0.5) is 4.39 Å². The fraction of sp³-hybridized carbons (Fsp3) is 0.600. The van der Waals surface area contributed by atoms with Gasteiger partial charge >= 0.3 is 0 Å². The van der Waals surface area contributed by atoms with E-state index in [1.165, 1.54) is 12.1 Å². The fourth-order valence-electron chi connectivity index (χ4n) is 2.67. The normalized spacial score (nSPS) is 18.3. The van der Waals surface area contributed by atoms with Crippen LogP contribution in [0.2, 0.25) is 0 Å². The highest BCUT2D eigenvalue weighted by Gasteiger charge is 2.28. The van der Waals surface area contributed by atoms with E-state index in [2.05, 4.69) is 4.72 Å². The van der Waals surface area contributed by atoms with Crippen LogP contribution >= 0.6 is 12.4 Å². The molecule has 1 aliphatic carbocycles. The molecule has 1 fully saturated rings. The molecule has 1 saturated carbocycles. The van der Waals surface area contributed by atoms with Crippen LogP contribution in [0, 0.1) is 12.7 Å². The SMILES string of the molecule is Cc1ccc(S(=O)(=O)NCC2(N)CCCCCC2)cc1F.Cl. The second kappa shape index (κ2) is 7.73. The largest absolute Gasteiger partial charge is 0.324 e. The molecule has 0 amide bonds. The van der Waals surface area contributed by atoms with Crippen LogP contribution in [-0.2, 0) is 10.0 Å². The van der Waals surface area contributed by atoms with E-state index in [0.29, 0.717) is 5.56 Å². The second-order valence-electron chi connectivity index (χ2n) is 6.01. The summed E-state index contributed by atoms with van der Waals surface area (Å²) in [4.78, 5) is -0.0529. The molecule has 0 unspecified atom stereocenters. The lowest BCUT2D eigenvalue weighted by Gasteiger charge is -2.28. The number of aryl methyl sites for hydroxylation is 1. The summed E-state index contributed by atoms with van der Waals surface area (Å²) in [6.45, 7) is 1.80. The van der Waals surface area contributed by atoms with Crippen LogP contribution in [0.1, 0.15) is 44.1 Å². The first kappa shape index (κ1) is 19.4. The van der Waals surface area contributed by atoms with Gasteiger partial charge in [0.25, 0.3) is 0 Å². The molecule has 22 heavy (non-hydrogen) atoms. The molecule has 0 radical (unpaired) electrons. The molecule has 0 heterocycles. The van der Waals surface area contributed by atoms with Crippen molar-refractivity contribution in [3.8, 4) is 0 Å². The van der Waals surface area contributed by atoms with E-state index in [1.54, 1.807) is 6.92 Å². The van der Waals surface area contributed by atoms with Gasteiger partial charge in [-0.3, -0.25) is 0 Å². The number of nitrogens with two attached hydrogens (primary N) is 1. The Hall–Kier alpha value is -0.690. The van der Waals surface area contributed by atoms with Crippen molar-refractivity contribution in [1.29, 1.82) is 0 Å². The van der Waals surface area contributed by atoms with Gasteiger partial charge in [-0.1, -0.05) is 31.7 Å². The Bertz CT molecular complexity index is 600. The van der Waals surface area contributed by atoms with Gasteiger partial charge in [0.1, 0.15) is 5.82 Å². The van der Waals surface area contributed by atoms with Gasteiger partial charge < -0.3 is 5.73 Å². The number of halogens is 2. The van der Waals surface area contributed by atoms with E-state index >= 15 is 0 Å². The summed E-state index contributed by atoms with van der Waals surface area (Å²) >= 11 is 0. The van der Waals surface area contributed by atoms with E-state index < -0.39 is 21.4 Å². The monoisotopic (exact) mass is 350 g/mol. The Morgan fingerprint density at radius 2 is 1.82 bits per heavy atom. The van der Waals surface area contributed by atoms with E-state index in [9.17, 15) is 12.8 Å². The molecular weight excluding hydrogens is 327 g/mol. The Kier molecular flexibility index (Phi) is 6.80. The maximum atomic E-state index is 13.5. The zero-order valence-electron chi connectivity index (χ0n) is 12.8. The first-order chi connectivity index (χ1) is 9.82. The highest BCUT2D eigenvalue weighted by Crippen LogP contribution is 2.25. The van der Waals surface area contributed by atoms with E-state index in [1.807, 2.05) is 0 Å². The minimum absolute atomic E-state index is 0. The van der Waals surface area contributed by atoms with Crippen molar-refractivity contribution < 1.29 is 12.8 Å². The molecule has 0 aliphatic heterocycles. The zero-order valence-corrected chi connectivity index (χ0v) is 14.4. The van der Waals surface area contributed by atoms with Gasteiger partial charge in [-0.2, -0.15) is 0 Å². The number of hydrogen-bond acceptors (Lipinski definition) is 3. The third-order valence-corrected chi connectivity index (χ3v) is 5.57. The molecule has 126 valence electrons. The van der Waals surface area contributed by atoms with Crippen molar-refractivity contribution in [3.63, 3.8) is 0 Å². The Balaban J connectivity index is 0.00000242. The molecular formula is C15H24ClFN2O2S. The van der Waals surface area contributed by atoms with Crippen LogP contribution in [0.25, 0.3) is 0 Å². The van der Waals surface area contributed by atoms with Crippen molar-refractivity contribution in [2.24, 2.45) is 5.73 Å². The first-order valence-electron chi connectivity index (χ1n) is 7.37. The lowest BCUT2D eigenvalue weighted by atomic mass is 9.92. The lowest BCUT2D eigenvalue weighted by molar-refractivity contribution is 0.369. The molecule has 1 aromatic carbocycles. The topological polar surface area (TPSA) is 72.2 Å². The van der Waals surface area contributed by atoms with Crippen molar-refractivity contribution >= 4 is 22.4 Å². The van der Waals surface area contributed by atoms with E-state index in [0.717, 1.165) is 44.6 Å². The molecule has 3 N–H and O–H groups in total. The number of sulfonamides is 1. The Labute approximate surface area is 138 Å². The van der Waals surface area contributed by atoms with Crippen molar-refractivity contribution in [2.45, 2.75) is 55.9 Å². The average molecular weight is 351 g/mol. The minimum Gasteiger partial charge on any atom is -0.324 e. The highest BCUT2D eigenvalue weighted by atomic mass is 35.5. The predicted molar refractivity (Wildman–Crippen MR) is 88.2 cm³/mol. The molecule has 1 aliphatic rings. The summed E-state index contributed by atoms with van der Waals surface area (Å²) < 4.78 is 40.5. The van der Waals surface area contributed by atoms with Crippen molar-refractivity contribution in [1.82, 2.24) is 4.72 Å². The molecule has 0 atom stereocenters. The molecule has 7 heteroatoms. The van der Waals surface area contributed by atoms with Crippen molar-refractivity contribution in [2.75, 3.05) is 6.54 Å². The van der Waals surface area contributed by atoms with Crippen LogP contribution in [0.15, 0.2) is 23.1 Å². The number of nitrogens with one attached hydrogen (secondary N) is 1. The number of hydrogen-bond donors (Lipinski definition) is 2. The zero-order chi connectivity index (χ0) is 15.5. The quantitative estimate of drug-likeness (QED) is 0.820. The highest BCUT2D eigenvalue weighted by molar-refractivity contribution is 7.89. The lowest BCUT2D eigenvalue weighted by Crippen LogP contribution is -2.49. The van der Waals surface area contributed by atoms with Gasteiger partial charge in [-0.25, -0.2) is 17.5 Å². The van der Waals surface area contributed by atoms with Gasteiger partial charge in [0, 0.05) is 12.1 Å². The fourth-order valence-corrected chi connectivity index (χ4v) is 3.82. The van der Waals surface area contributed by atoms with Crippen LogP contribution in [0.5, 0.6) is 0 Å². The average Bonchev–Trinajstić information content (AvgIpc) is 2.65. The summed E-state index contributed by atoms with van der Waals surface area (Å²) in [5.41, 5.74) is 6.23. The second-order valence-corrected chi connectivity index (χ2v) is 7.78. The maximum Gasteiger partial charge on any atom is 0.240 e. The molecule has 0 saturated heterocycles. The number of rotatable bonds is 4. The maximum absolute atomic E-state index is 13.5. The van der Waals surface area contributed by atoms with Crippen LogP contribution in [0.3, 0.4) is 0 Å². The van der Waals surface area contributed by atoms with Crippen LogP contribution in [-0.4, -0.2) is 20.5 Å². The third kappa shape index (κ3) is 4.91. The van der Waals surface area contributed by atoms with Gasteiger partial charge in [-0.15, -0.1) is 12.4 Å². The summed E-state index contributed by atoms with van der Waals surface area (Å²) in [6, 6.07) is 3.93. The third-order valence-electron chi connectivity index (χ3n) is 4.17. The summed E-state index contributed by atoms with van der Waals surface area (Å²) in [6.07, 6.45) is 5.98. The predicted octanol–water partition coefficient (Wildman–Crippen LogP) is 2.89. The smallest absolute Gasteiger partial charge is 0.240 e. The number of benzene rings is 1. The molecule has 0 spiro atoms. The van der Waals surface area contributed by atoms with E-state index in [-0.39, 0.29) is 23.8 Å². The van der Waals surface area contributed by atoms with E-state index in [4.69, 9.17) is 5.73 Å². The van der Waals surface area contributed by atoms with Gasteiger partial charge in [-0.05, 0) is 37.5 Å². The van der Waals surface area contributed by atoms with Crippen molar-refractivity contribution in [3.05, 3.63) is 29.6 Å².